The Morgan fingerprint density at radius 2 is 1.03 bits per heavy atom. The number of nitrogens with zero attached hydrogens (tertiary/aromatic N) is 6. The topological polar surface area (TPSA) is 141 Å². The molecule has 1 atom stereocenters. The van der Waals surface area contributed by atoms with E-state index in [-0.39, 0.29) is 262 Å². The van der Waals surface area contributed by atoms with Crippen LogP contribution in [0.4, 0.5) is 17.2 Å². The number of halogens is 5. The molecular weight excluding hydrogens is 1280 g/mol. The average Bonchev–Trinajstić information content (AvgIpc) is 2.75. The third kappa shape index (κ3) is 46.1. The van der Waals surface area contributed by atoms with E-state index in [9.17, 15) is 0 Å². The second-order valence-corrected chi connectivity index (χ2v) is 52.5. The number of hydrogen-bond donors (Lipinski definition) is 3. The summed E-state index contributed by atoms with van der Waals surface area (Å²) >= 11 is 12.1. The molecule has 0 amide bonds. The van der Waals surface area contributed by atoms with Gasteiger partial charge in [-0.15, -0.1) is 11.6 Å². The van der Waals surface area contributed by atoms with Crippen LogP contribution in [0.2, 0.25) is 0 Å². The molecule has 0 aliphatic carbocycles. The molecule has 183 valence electrons. The van der Waals surface area contributed by atoms with Crippen LogP contribution < -0.4 is 273 Å². The molecular formula is C16H19I5K5N9PV2. The Morgan fingerprint density at radius 3 is 1.29 bits per heavy atom. The predicted molar refractivity (Wildman–Crippen MR) is 171 cm³/mol. The van der Waals surface area contributed by atoms with Gasteiger partial charge in [-0.25, -0.2) is 12.4 Å². The molecule has 5 N–H and O–H groups in total. The van der Waals surface area contributed by atoms with Gasteiger partial charge in [-0.1, -0.05) is 43.3 Å². The molecule has 0 bridgehead atoms. The molecule has 0 saturated heterocycles. The van der Waals surface area contributed by atoms with Crippen LogP contribution in [0.3, 0.4) is 0 Å². The summed E-state index contributed by atoms with van der Waals surface area (Å²) in [6, 6.07) is 0. The number of nitrogens with one attached hydrogen (secondary N) is 1. The molecule has 0 saturated carbocycles. The van der Waals surface area contributed by atoms with Crippen molar-refractivity contribution in [3.05, 3.63) is 54.0 Å². The van der Waals surface area contributed by atoms with E-state index in [4.69, 9.17) is 11.5 Å². The molecule has 3 aromatic rings. The number of aromatic nitrogens is 6. The average molecular weight is 1300 g/mol. The first-order chi connectivity index (χ1) is 15.5. The van der Waals surface area contributed by atoms with E-state index in [2.05, 4.69) is 175 Å². The molecule has 22 heteroatoms. The third-order valence-corrected chi connectivity index (χ3v) is 2.72. The van der Waals surface area contributed by atoms with Gasteiger partial charge in [0.1, 0.15) is 0 Å². The maximum Gasteiger partial charge on any atom is 1.00 e. The van der Waals surface area contributed by atoms with E-state index >= 15 is 0 Å². The van der Waals surface area contributed by atoms with Crippen LogP contribution in [0.25, 0.3) is 0 Å². The minimum Gasteiger partial charge on any atom is 1.00 e. The molecule has 3 heterocycles. The fraction of sp³-hybridized carbons (Fsp3) is 0.250. The monoisotopic (exact) mass is 1300 g/mol. The third-order valence-electron chi connectivity index (χ3n) is 2.45. The van der Waals surface area contributed by atoms with Gasteiger partial charge in [0.25, 0.3) is 0 Å². The van der Waals surface area contributed by atoms with Gasteiger partial charge in [-0.3, -0.25) is 18.0 Å². The molecule has 0 aliphatic heterocycles. The van der Waals surface area contributed by atoms with Crippen LogP contribution in [0, 0.1) is 58.7 Å². The number of nitrogens with two attached hydrogens (primary N) is 2. The number of nitrogen functional groups attached to an aromatic ring is 2. The van der Waals surface area contributed by atoms with E-state index in [1.54, 1.807) is 13.8 Å². The van der Waals surface area contributed by atoms with Crippen molar-refractivity contribution in [3.8, 4) is 0 Å². The predicted octanol–water partition coefficient (Wildman–Crippen LogP) is -9.53. The largest absolute Gasteiger partial charge is 1.00 e. The molecule has 0 aromatic carbocycles. The van der Waals surface area contributed by atoms with Crippen molar-refractivity contribution in [1.29, 1.82) is 0 Å². The normalized spacial score (nSPS) is 7.66. The second kappa shape index (κ2) is 45.1. The van der Waals surface area contributed by atoms with Crippen LogP contribution in [-0.2, 0) is 14.4 Å². The zero-order valence-electron chi connectivity index (χ0n) is 22.7. The summed E-state index contributed by atoms with van der Waals surface area (Å²) in [6.07, 6.45) is 13.1. The van der Waals surface area contributed by atoms with Gasteiger partial charge in [-0.05, 0) is 5.69 Å². The Hall–Kier alpha value is 10.1. The minimum atomic E-state index is -0.278. The molecule has 3 rings (SSSR count). The molecule has 0 aliphatic rings. The summed E-state index contributed by atoms with van der Waals surface area (Å²) in [7, 11) is 2.94. The van der Waals surface area contributed by atoms with Crippen molar-refractivity contribution in [2.45, 2.75) is 27.7 Å². The van der Waals surface area contributed by atoms with E-state index in [0.29, 0.717) is 38.3 Å². The number of rotatable bonds is 1. The first-order valence-corrected chi connectivity index (χ1v) is 31.3. The standard InChI is InChI=1S/C6H6N2.C5H8N4P.C5H5N3.5HI.5K.2V/c1-5-3-7-6(2)8-4-5;1-3-7-2-4(6)5(8-3)9-10;1-4-7-2-5(6)3-8-4;;;;;;;;;;;;/h1-2H3;6,10H2,1H3,(H,7,8,9);6H2,1H3;5*1H;;;;;;;/q-2;-1;-2;;;;;;5*+1;+2;+3/p-5. The van der Waals surface area contributed by atoms with E-state index in [0.717, 1.165) is 11.4 Å². The summed E-state index contributed by atoms with van der Waals surface area (Å²) in [4.78, 5) is 22.5. The maximum atomic E-state index is 5.44. The van der Waals surface area contributed by atoms with Gasteiger partial charge in [0.05, 0.1) is 0 Å². The van der Waals surface area contributed by atoms with Crippen LogP contribution in [0.5, 0.6) is 0 Å². The summed E-state index contributed by atoms with van der Waals surface area (Å²) < 4.78 is 0. The number of anilines is 3. The van der Waals surface area contributed by atoms with Gasteiger partial charge >= 0.3 is 371 Å². The van der Waals surface area contributed by atoms with Crippen LogP contribution in [-0.4, -0.2) is 29.9 Å². The molecule has 9 nitrogen and oxygen atoms in total. The zero-order chi connectivity index (χ0) is 25.8. The minimum absolute atomic E-state index is 0. The van der Waals surface area contributed by atoms with Crippen molar-refractivity contribution in [2.75, 3.05) is 16.6 Å². The Labute approximate surface area is 509 Å². The van der Waals surface area contributed by atoms with Gasteiger partial charge < -0.3 is 46.5 Å². The van der Waals surface area contributed by atoms with Crippen LogP contribution in [0.1, 0.15) is 23.0 Å². The van der Waals surface area contributed by atoms with E-state index in [1.165, 1.54) is 0 Å². The first-order valence-electron chi connectivity index (χ1n) is 8.14. The Balaban J connectivity index is -0.0000000642. The van der Waals surface area contributed by atoms with Crippen LogP contribution >= 0.6 is 109 Å². The van der Waals surface area contributed by atoms with Gasteiger partial charge in [0, 0.05) is 11.6 Å². The Kier molecular flexibility index (Phi) is 74.9. The summed E-state index contributed by atoms with van der Waals surface area (Å²) in [6.45, 7) is 7.21. The molecule has 38 heavy (non-hydrogen) atoms. The maximum absolute atomic E-state index is 5.44. The van der Waals surface area contributed by atoms with Crippen LogP contribution in [0.15, 0.2) is 0 Å². The van der Waals surface area contributed by atoms with Crippen molar-refractivity contribution in [3.63, 3.8) is 0 Å². The fourth-order valence-electron chi connectivity index (χ4n) is 1.26. The van der Waals surface area contributed by atoms with Crippen molar-refractivity contribution >= 4 is 126 Å². The van der Waals surface area contributed by atoms with E-state index < -0.39 is 0 Å². The molecule has 0 spiro atoms. The van der Waals surface area contributed by atoms with E-state index in [1.807, 2.05) is 13.8 Å². The number of hydrogen-bond acceptors (Lipinski definition) is 9. The molecule has 3 aromatic heterocycles. The van der Waals surface area contributed by atoms with Gasteiger partial charge in [-0.2, -0.15) is 5.69 Å². The second-order valence-electron chi connectivity index (χ2n) is 5.07. The molecule has 1 unspecified atom stereocenters. The first kappa shape index (κ1) is 63.1. The number of aryl methyl sites for hydroxylation is 4. The Morgan fingerprint density at radius 1 is 0.711 bits per heavy atom. The van der Waals surface area contributed by atoms with Crippen molar-refractivity contribution in [2.24, 2.45) is 0 Å². The quantitative estimate of drug-likeness (QED) is 0.0940. The Bertz CT molecular complexity index is 814. The molecule has 0 radical (unpaired) electrons. The molecule has 0 fully saturated rings. The summed E-state index contributed by atoms with van der Waals surface area (Å²) in [5.74, 6) is 2.60. The van der Waals surface area contributed by atoms with Gasteiger partial charge in [0.15, 0.2) is 0 Å². The fourth-order valence-corrected chi connectivity index (χ4v) is 1.48. The smallest absolute Gasteiger partial charge is 1.00 e. The summed E-state index contributed by atoms with van der Waals surface area (Å²) in [5, 5.41) is 2.75. The van der Waals surface area contributed by atoms with Gasteiger partial charge in [0.2, 0.25) is 0 Å². The summed E-state index contributed by atoms with van der Waals surface area (Å²) in [5.41, 5.74) is 12.3. The zero-order valence-corrected chi connectivity index (χ0v) is 53.1. The van der Waals surface area contributed by atoms with Crippen molar-refractivity contribution < 1.29 is 271 Å². The SMILES string of the molecule is Cc1[c-]nc(C)n[c-]1.Cc1n[c-]c(N)[c-]n1.Cc1n[c-]c(N)c(NP)n1.[I][V]([I])[I].[I][V][I].[K+].[K+].[K+].[K+].[K+]. The van der Waals surface area contributed by atoms with Crippen molar-refractivity contribution in [1.82, 2.24) is 29.9 Å².